The molecule has 3 aliphatic rings. The molecule has 5 nitrogen and oxygen atoms in total. The Morgan fingerprint density at radius 3 is 2.50 bits per heavy atom. The van der Waals surface area contributed by atoms with E-state index in [9.17, 15) is 23.1 Å². The van der Waals surface area contributed by atoms with Crippen molar-refractivity contribution < 1.29 is 23.1 Å². The summed E-state index contributed by atoms with van der Waals surface area (Å²) in [5, 5.41) is 9.72. The standard InChI is InChI=1S/C20H26F3N3O2/c1-12-15(21)17(23)24-18(16(12)22)25-9-2-7-20(11-25)8-10-26(19(20)28)13-3-5-14(27)6-4-13/h13-14,27H,2-11H2,1H3/t13-,14-,20?. The van der Waals surface area contributed by atoms with E-state index in [4.69, 9.17) is 0 Å². The van der Waals surface area contributed by atoms with Crippen molar-refractivity contribution in [2.75, 3.05) is 24.5 Å². The Morgan fingerprint density at radius 1 is 1.07 bits per heavy atom. The third-order valence-electron chi connectivity index (χ3n) is 6.77. The van der Waals surface area contributed by atoms with Crippen LogP contribution in [0.25, 0.3) is 0 Å². The molecule has 1 aromatic rings. The van der Waals surface area contributed by atoms with E-state index in [2.05, 4.69) is 4.98 Å². The average Bonchev–Trinajstić information content (AvgIpc) is 2.99. The van der Waals surface area contributed by atoms with Crippen LogP contribution in [0.3, 0.4) is 0 Å². The quantitative estimate of drug-likeness (QED) is 0.780. The lowest BCUT2D eigenvalue weighted by atomic mass is 9.78. The van der Waals surface area contributed by atoms with E-state index < -0.39 is 23.0 Å². The van der Waals surface area contributed by atoms with Gasteiger partial charge in [-0.15, -0.1) is 0 Å². The van der Waals surface area contributed by atoms with Gasteiger partial charge in [0.1, 0.15) is 0 Å². The van der Waals surface area contributed by atoms with Crippen LogP contribution in [0.1, 0.15) is 50.5 Å². The molecule has 3 heterocycles. The fourth-order valence-corrected chi connectivity index (χ4v) is 5.08. The number of aromatic nitrogens is 1. The second-order valence-corrected chi connectivity index (χ2v) is 8.50. The van der Waals surface area contributed by atoms with Crippen molar-refractivity contribution in [3.05, 3.63) is 23.1 Å². The van der Waals surface area contributed by atoms with Crippen molar-refractivity contribution >= 4 is 11.7 Å². The lowest BCUT2D eigenvalue weighted by Crippen LogP contribution is -2.50. The van der Waals surface area contributed by atoms with Gasteiger partial charge in [0.2, 0.25) is 5.91 Å². The molecule has 0 aromatic carbocycles. The number of pyridine rings is 1. The third kappa shape index (κ3) is 3.15. The predicted molar refractivity (Wildman–Crippen MR) is 97.3 cm³/mol. The molecule has 0 bridgehead atoms. The highest BCUT2D eigenvalue weighted by Crippen LogP contribution is 2.43. The van der Waals surface area contributed by atoms with Gasteiger partial charge in [-0.3, -0.25) is 4.79 Å². The molecule has 1 saturated carbocycles. The largest absolute Gasteiger partial charge is 0.393 e. The van der Waals surface area contributed by atoms with Gasteiger partial charge in [0.15, 0.2) is 17.5 Å². The van der Waals surface area contributed by atoms with Gasteiger partial charge in [-0.2, -0.15) is 9.37 Å². The smallest absolute Gasteiger partial charge is 0.251 e. The zero-order chi connectivity index (χ0) is 20.1. The van der Waals surface area contributed by atoms with Crippen LogP contribution in [0, 0.1) is 29.9 Å². The number of halogens is 3. The maximum Gasteiger partial charge on any atom is 0.251 e. The summed E-state index contributed by atoms with van der Waals surface area (Å²) >= 11 is 0. The highest BCUT2D eigenvalue weighted by Gasteiger charge is 2.51. The molecule has 2 saturated heterocycles. The number of hydrogen-bond acceptors (Lipinski definition) is 4. The number of piperidine rings is 1. The number of likely N-dealkylation sites (tertiary alicyclic amines) is 1. The summed E-state index contributed by atoms with van der Waals surface area (Å²) in [5.74, 6) is -3.58. The molecule has 1 unspecified atom stereocenters. The van der Waals surface area contributed by atoms with Gasteiger partial charge in [0.25, 0.3) is 5.95 Å². The number of carbonyl (C=O) groups is 1. The number of nitrogens with zero attached hydrogens (tertiary/aromatic N) is 3. The van der Waals surface area contributed by atoms with Crippen molar-refractivity contribution in [2.24, 2.45) is 5.41 Å². The Balaban J connectivity index is 1.55. The second kappa shape index (κ2) is 7.21. The number of anilines is 1. The third-order valence-corrected chi connectivity index (χ3v) is 6.77. The fraction of sp³-hybridized carbons (Fsp3) is 0.700. The van der Waals surface area contributed by atoms with Gasteiger partial charge >= 0.3 is 0 Å². The number of aliphatic hydroxyl groups is 1. The minimum absolute atomic E-state index is 0.0679. The van der Waals surface area contributed by atoms with E-state index in [-0.39, 0.29) is 36.0 Å². The normalized spacial score (nSPS) is 31.1. The first-order chi connectivity index (χ1) is 13.3. The molecular formula is C20H26F3N3O2. The molecule has 1 N–H and O–H groups in total. The van der Waals surface area contributed by atoms with Crippen molar-refractivity contribution in [3.63, 3.8) is 0 Å². The Hall–Kier alpha value is -1.83. The van der Waals surface area contributed by atoms with E-state index in [1.165, 1.54) is 6.92 Å². The maximum atomic E-state index is 14.6. The van der Waals surface area contributed by atoms with Crippen LogP contribution in [0.4, 0.5) is 19.0 Å². The van der Waals surface area contributed by atoms with Crippen LogP contribution >= 0.6 is 0 Å². The van der Waals surface area contributed by atoms with Gasteiger partial charge in [-0.05, 0) is 51.9 Å². The average molecular weight is 397 g/mol. The van der Waals surface area contributed by atoms with Crippen LogP contribution in [0.15, 0.2) is 0 Å². The first-order valence-corrected chi connectivity index (χ1v) is 10.1. The van der Waals surface area contributed by atoms with E-state index in [1.54, 1.807) is 4.90 Å². The molecular weight excluding hydrogens is 371 g/mol. The predicted octanol–water partition coefficient (Wildman–Crippen LogP) is 2.93. The summed E-state index contributed by atoms with van der Waals surface area (Å²) < 4.78 is 42.0. The zero-order valence-corrected chi connectivity index (χ0v) is 16.1. The van der Waals surface area contributed by atoms with Gasteiger partial charge in [-0.1, -0.05) is 0 Å². The first-order valence-electron chi connectivity index (χ1n) is 10.1. The van der Waals surface area contributed by atoms with E-state index in [0.717, 1.165) is 12.8 Å². The van der Waals surface area contributed by atoms with Crippen LogP contribution in [-0.4, -0.2) is 52.7 Å². The zero-order valence-electron chi connectivity index (χ0n) is 16.1. The van der Waals surface area contributed by atoms with Crippen LogP contribution in [0.5, 0.6) is 0 Å². The number of aliphatic hydroxyl groups excluding tert-OH is 1. The van der Waals surface area contributed by atoms with Crippen LogP contribution in [-0.2, 0) is 4.79 Å². The summed E-state index contributed by atoms with van der Waals surface area (Å²) in [6.07, 6.45) is 4.77. The fourth-order valence-electron chi connectivity index (χ4n) is 5.08. The Bertz CT molecular complexity index is 782. The van der Waals surface area contributed by atoms with Crippen molar-refractivity contribution in [1.29, 1.82) is 0 Å². The van der Waals surface area contributed by atoms with E-state index in [1.807, 2.05) is 4.90 Å². The van der Waals surface area contributed by atoms with E-state index >= 15 is 0 Å². The molecule has 1 aromatic heterocycles. The molecule has 2 aliphatic heterocycles. The molecule has 1 aliphatic carbocycles. The van der Waals surface area contributed by atoms with Crippen molar-refractivity contribution in [3.8, 4) is 0 Å². The van der Waals surface area contributed by atoms with Crippen LogP contribution in [0.2, 0.25) is 0 Å². The Morgan fingerprint density at radius 2 is 1.79 bits per heavy atom. The summed E-state index contributed by atoms with van der Waals surface area (Å²) in [4.78, 5) is 20.3. The Kier molecular flexibility index (Phi) is 5.02. The minimum atomic E-state index is -1.31. The molecule has 28 heavy (non-hydrogen) atoms. The summed E-state index contributed by atoms with van der Waals surface area (Å²) in [5.41, 5.74) is -1.01. The molecule has 1 atom stereocenters. The van der Waals surface area contributed by atoms with Gasteiger partial charge in [0, 0.05) is 31.2 Å². The highest BCUT2D eigenvalue weighted by molar-refractivity contribution is 5.86. The van der Waals surface area contributed by atoms with Crippen LogP contribution < -0.4 is 4.90 Å². The SMILES string of the molecule is Cc1c(F)c(F)nc(N2CCCC3(CCN([C@H]4CC[C@H](O)CC4)C3=O)C2)c1F. The minimum Gasteiger partial charge on any atom is -0.393 e. The molecule has 0 radical (unpaired) electrons. The van der Waals surface area contributed by atoms with Crippen molar-refractivity contribution in [2.45, 2.75) is 64.0 Å². The van der Waals surface area contributed by atoms with E-state index in [0.29, 0.717) is 45.2 Å². The van der Waals surface area contributed by atoms with Crippen molar-refractivity contribution in [1.82, 2.24) is 9.88 Å². The molecule has 3 fully saturated rings. The lowest BCUT2D eigenvalue weighted by molar-refractivity contribution is -0.139. The number of hydrogen-bond donors (Lipinski definition) is 1. The summed E-state index contributed by atoms with van der Waals surface area (Å²) in [6, 6.07) is 0.144. The highest BCUT2D eigenvalue weighted by atomic mass is 19.2. The summed E-state index contributed by atoms with van der Waals surface area (Å²) in [7, 11) is 0. The maximum absolute atomic E-state index is 14.6. The lowest BCUT2D eigenvalue weighted by Gasteiger charge is -2.41. The first kappa shape index (κ1) is 19.5. The molecule has 154 valence electrons. The number of rotatable bonds is 2. The second-order valence-electron chi connectivity index (χ2n) is 8.50. The van der Waals surface area contributed by atoms with Gasteiger partial charge in [0.05, 0.1) is 11.5 Å². The van der Waals surface area contributed by atoms with Gasteiger partial charge < -0.3 is 14.9 Å². The monoisotopic (exact) mass is 397 g/mol. The summed E-state index contributed by atoms with van der Waals surface area (Å²) in [6.45, 7) is 2.57. The Labute approximate surface area is 162 Å². The molecule has 1 spiro atoms. The molecule has 1 amide bonds. The topological polar surface area (TPSA) is 56.7 Å². The number of amides is 1. The molecule has 4 rings (SSSR count). The van der Waals surface area contributed by atoms with Gasteiger partial charge in [-0.25, -0.2) is 8.78 Å². The molecule has 8 heteroatoms. The number of carbonyl (C=O) groups excluding carboxylic acids is 1.